The molecule has 1 saturated carbocycles. The third kappa shape index (κ3) is 4.73. The number of carbonyl (C=O) groups excluding carboxylic acids is 1. The van der Waals surface area contributed by atoms with Gasteiger partial charge in [-0.2, -0.15) is 0 Å². The number of benzene rings is 1. The summed E-state index contributed by atoms with van der Waals surface area (Å²) in [6.45, 7) is 0.417. The third-order valence-corrected chi connectivity index (χ3v) is 4.97. The van der Waals surface area contributed by atoms with Gasteiger partial charge in [-0.25, -0.2) is 0 Å². The van der Waals surface area contributed by atoms with Gasteiger partial charge in [0.15, 0.2) is 0 Å². The number of aromatic nitrogens is 1. The van der Waals surface area contributed by atoms with Gasteiger partial charge < -0.3 is 9.88 Å². The van der Waals surface area contributed by atoms with Crippen LogP contribution in [0, 0.1) is 0 Å². The largest absolute Gasteiger partial charge is 0.349 e. The summed E-state index contributed by atoms with van der Waals surface area (Å²) in [7, 11) is 0. The van der Waals surface area contributed by atoms with E-state index in [0.29, 0.717) is 11.6 Å². The zero-order chi connectivity index (χ0) is 17.6. The highest BCUT2D eigenvalue weighted by Gasteiger charge is 2.18. The summed E-state index contributed by atoms with van der Waals surface area (Å²) in [6, 6.07) is 10.9. The molecule has 1 amide bonds. The number of amides is 1. The highest BCUT2D eigenvalue weighted by molar-refractivity contribution is 6.30. The van der Waals surface area contributed by atoms with Crippen LogP contribution in [0.4, 0.5) is 0 Å². The predicted octanol–water partition coefficient (Wildman–Crippen LogP) is 4.00. The van der Waals surface area contributed by atoms with E-state index in [0.717, 1.165) is 31.2 Å². The van der Waals surface area contributed by atoms with Crippen LogP contribution in [0.2, 0.25) is 5.02 Å². The van der Waals surface area contributed by atoms with Gasteiger partial charge in [0.05, 0.1) is 6.54 Å². The zero-order valence-corrected chi connectivity index (χ0v) is 15.0. The van der Waals surface area contributed by atoms with E-state index in [1.54, 1.807) is 35.0 Å². The lowest BCUT2D eigenvalue weighted by Crippen LogP contribution is -2.38. The number of nitrogens with one attached hydrogen (secondary N) is 1. The predicted molar refractivity (Wildman–Crippen MR) is 100 cm³/mol. The quantitative estimate of drug-likeness (QED) is 0.840. The van der Waals surface area contributed by atoms with Crippen molar-refractivity contribution < 1.29 is 4.79 Å². The van der Waals surface area contributed by atoms with Gasteiger partial charge in [0.25, 0.3) is 11.5 Å². The third-order valence-electron chi connectivity index (χ3n) is 4.72. The fraction of sp³-hybridized carbons (Fsp3) is 0.400. The summed E-state index contributed by atoms with van der Waals surface area (Å²) in [5, 5.41) is 3.70. The van der Waals surface area contributed by atoms with Gasteiger partial charge in [0.2, 0.25) is 0 Å². The second kappa shape index (κ2) is 8.34. The van der Waals surface area contributed by atoms with Gasteiger partial charge in [-0.05, 0) is 42.7 Å². The van der Waals surface area contributed by atoms with Crippen molar-refractivity contribution in [2.24, 2.45) is 0 Å². The van der Waals surface area contributed by atoms with Gasteiger partial charge >= 0.3 is 0 Å². The smallest absolute Gasteiger partial charge is 0.263 e. The Hall–Kier alpha value is -2.07. The molecule has 0 aliphatic heterocycles. The summed E-state index contributed by atoms with van der Waals surface area (Å²) in [5.41, 5.74) is 0.914. The van der Waals surface area contributed by atoms with Crippen LogP contribution in [0.3, 0.4) is 0 Å². The molecule has 132 valence electrons. The van der Waals surface area contributed by atoms with E-state index in [1.807, 2.05) is 12.1 Å². The maximum atomic E-state index is 12.7. The minimum Gasteiger partial charge on any atom is -0.349 e. The molecule has 1 aliphatic carbocycles. The average Bonchev–Trinajstić information content (AvgIpc) is 2.87. The van der Waals surface area contributed by atoms with E-state index < -0.39 is 0 Å². The number of rotatable bonds is 4. The topological polar surface area (TPSA) is 51.1 Å². The molecule has 0 spiro atoms. The molecule has 0 saturated heterocycles. The van der Waals surface area contributed by atoms with E-state index >= 15 is 0 Å². The molecule has 0 atom stereocenters. The minimum absolute atomic E-state index is 0.180. The zero-order valence-electron chi connectivity index (χ0n) is 14.2. The molecule has 0 bridgehead atoms. The Labute approximate surface area is 152 Å². The fourth-order valence-corrected chi connectivity index (χ4v) is 3.43. The van der Waals surface area contributed by atoms with Gasteiger partial charge in [0.1, 0.15) is 5.56 Å². The minimum atomic E-state index is -0.262. The molecule has 3 rings (SSSR count). The first-order valence-electron chi connectivity index (χ1n) is 8.88. The lowest BCUT2D eigenvalue weighted by atomic mass is 10.1. The van der Waals surface area contributed by atoms with Crippen LogP contribution in [0.25, 0.3) is 0 Å². The van der Waals surface area contributed by atoms with Crippen molar-refractivity contribution in [2.45, 2.75) is 51.1 Å². The van der Waals surface area contributed by atoms with Crippen LogP contribution in [-0.2, 0) is 6.54 Å². The molecule has 4 nitrogen and oxygen atoms in total. The molecule has 1 fully saturated rings. The van der Waals surface area contributed by atoms with E-state index in [2.05, 4.69) is 5.32 Å². The van der Waals surface area contributed by atoms with Crippen molar-refractivity contribution in [3.8, 4) is 0 Å². The van der Waals surface area contributed by atoms with E-state index in [-0.39, 0.29) is 23.1 Å². The van der Waals surface area contributed by atoms with Gasteiger partial charge in [0, 0.05) is 17.3 Å². The first-order chi connectivity index (χ1) is 12.1. The van der Waals surface area contributed by atoms with E-state index in [1.165, 1.54) is 12.8 Å². The molecule has 1 aromatic carbocycles. The van der Waals surface area contributed by atoms with E-state index in [9.17, 15) is 9.59 Å². The maximum Gasteiger partial charge on any atom is 0.263 e. The van der Waals surface area contributed by atoms with Crippen molar-refractivity contribution in [1.82, 2.24) is 9.88 Å². The number of nitrogens with zero attached hydrogens (tertiary/aromatic N) is 1. The number of halogens is 1. The Morgan fingerprint density at radius 2 is 1.76 bits per heavy atom. The van der Waals surface area contributed by atoms with Crippen LogP contribution >= 0.6 is 11.6 Å². The van der Waals surface area contributed by atoms with Gasteiger partial charge in [-0.3, -0.25) is 9.59 Å². The lowest BCUT2D eigenvalue weighted by Gasteiger charge is -2.16. The summed E-state index contributed by atoms with van der Waals surface area (Å²) in [4.78, 5) is 25.2. The molecule has 1 aliphatic rings. The van der Waals surface area contributed by atoms with Gasteiger partial charge in [-0.15, -0.1) is 0 Å². The van der Waals surface area contributed by atoms with Crippen molar-refractivity contribution in [3.63, 3.8) is 0 Å². The molecule has 25 heavy (non-hydrogen) atoms. The Balaban J connectivity index is 1.74. The second-order valence-corrected chi connectivity index (χ2v) is 7.08. The average molecular weight is 359 g/mol. The second-order valence-electron chi connectivity index (χ2n) is 6.64. The molecule has 1 N–H and O–H groups in total. The molecule has 1 aromatic heterocycles. The molecular weight excluding hydrogens is 336 g/mol. The summed E-state index contributed by atoms with van der Waals surface area (Å²) in [5.74, 6) is -0.262. The number of carbonyl (C=O) groups is 1. The van der Waals surface area contributed by atoms with E-state index in [4.69, 9.17) is 11.6 Å². The van der Waals surface area contributed by atoms with Crippen LogP contribution in [-0.4, -0.2) is 16.5 Å². The Morgan fingerprint density at radius 3 is 2.44 bits per heavy atom. The highest BCUT2D eigenvalue weighted by atomic mass is 35.5. The highest BCUT2D eigenvalue weighted by Crippen LogP contribution is 2.17. The SMILES string of the molecule is O=C(NC1CCCCCC1)c1cccn(Cc2ccc(Cl)cc2)c1=O. The summed E-state index contributed by atoms with van der Waals surface area (Å²) < 4.78 is 1.56. The molecular formula is C20H23ClN2O2. The first-order valence-corrected chi connectivity index (χ1v) is 9.26. The summed E-state index contributed by atoms with van der Waals surface area (Å²) >= 11 is 5.90. The van der Waals surface area contributed by atoms with Gasteiger partial charge in [-0.1, -0.05) is 49.4 Å². The van der Waals surface area contributed by atoms with Crippen LogP contribution in [0.5, 0.6) is 0 Å². The van der Waals surface area contributed by atoms with Crippen LogP contribution in [0.15, 0.2) is 47.4 Å². The summed E-state index contributed by atoms with van der Waals surface area (Å²) in [6.07, 6.45) is 8.44. The maximum absolute atomic E-state index is 12.7. The molecule has 1 heterocycles. The monoisotopic (exact) mass is 358 g/mol. The molecule has 0 radical (unpaired) electrons. The molecule has 0 unspecified atom stereocenters. The number of pyridine rings is 1. The molecule has 5 heteroatoms. The van der Waals surface area contributed by atoms with Crippen LogP contribution in [0.1, 0.15) is 54.4 Å². The Bertz CT molecular complexity index is 775. The normalized spacial score (nSPS) is 15.6. The first kappa shape index (κ1) is 17.7. The fourth-order valence-electron chi connectivity index (χ4n) is 3.31. The Morgan fingerprint density at radius 1 is 1.08 bits per heavy atom. The van der Waals surface area contributed by atoms with Crippen molar-refractivity contribution in [2.75, 3.05) is 0 Å². The number of hydrogen-bond acceptors (Lipinski definition) is 2. The number of hydrogen-bond donors (Lipinski definition) is 1. The standard InChI is InChI=1S/C20H23ClN2O2/c21-16-11-9-15(10-12-16)14-23-13-5-8-18(20(23)25)19(24)22-17-6-3-1-2-4-7-17/h5,8-13,17H,1-4,6-7,14H2,(H,22,24). The lowest BCUT2D eigenvalue weighted by molar-refractivity contribution is 0.0931. The Kier molecular flexibility index (Phi) is 5.92. The van der Waals surface area contributed by atoms with Crippen molar-refractivity contribution in [3.05, 3.63) is 69.1 Å². The van der Waals surface area contributed by atoms with Crippen molar-refractivity contribution in [1.29, 1.82) is 0 Å². The van der Waals surface area contributed by atoms with Crippen molar-refractivity contribution >= 4 is 17.5 Å². The molecule has 2 aromatic rings. The van der Waals surface area contributed by atoms with Crippen LogP contribution < -0.4 is 10.9 Å².